The van der Waals surface area contributed by atoms with Crippen LogP contribution in [0.15, 0.2) is 42.5 Å². The van der Waals surface area contributed by atoms with Gasteiger partial charge in [0.15, 0.2) is 0 Å². The number of hydrogen-bond donors (Lipinski definition) is 3. The number of phenolic OH excluding ortho intramolecular Hbond substituents is 1. The zero-order valence-electron chi connectivity index (χ0n) is 24.6. The number of aromatic hydroxyl groups is 1. The molecule has 8 nitrogen and oxygen atoms in total. The largest absolute Gasteiger partial charge is 0.508 e. The molecule has 0 aliphatic rings. The van der Waals surface area contributed by atoms with Crippen molar-refractivity contribution < 1.29 is 24.2 Å². The van der Waals surface area contributed by atoms with Crippen LogP contribution in [0, 0.1) is 13.8 Å². The van der Waals surface area contributed by atoms with Gasteiger partial charge >= 0.3 is 6.09 Å². The van der Waals surface area contributed by atoms with E-state index in [0.29, 0.717) is 12.1 Å². The Kier molecular flexibility index (Phi) is 11.4. The molecule has 8 heteroatoms. The first-order chi connectivity index (χ1) is 18.2. The molecule has 0 radical (unpaired) electrons. The fourth-order valence-corrected chi connectivity index (χ4v) is 4.24. The molecule has 3 N–H and O–H groups in total. The van der Waals surface area contributed by atoms with Gasteiger partial charge in [-0.05, 0) is 89.3 Å². The Morgan fingerprint density at radius 2 is 1.64 bits per heavy atom. The third-order valence-electron chi connectivity index (χ3n) is 6.38. The molecule has 2 rings (SSSR count). The van der Waals surface area contributed by atoms with E-state index in [-0.39, 0.29) is 24.1 Å². The van der Waals surface area contributed by atoms with Crippen LogP contribution in [0.1, 0.15) is 82.7 Å². The Morgan fingerprint density at radius 3 is 2.18 bits per heavy atom. The number of nitrogens with one attached hydrogen (secondary N) is 2. The Bertz CT molecular complexity index is 1120. The molecule has 0 aliphatic carbocycles. The molecule has 2 aromatic carbocycles. The minimum absolute atomic E-state index is 0.101. The van der Waals surface area contributed by atoms with Crippen molar-refractivity contribution in [1.29, 1.82) is 0 Å². The van der Waals surface area contributed by atoms with E-state index >= 15 is 0 Å². The number of ether oxygens (including phenoxy) is 1. The third kappa shape index (κ3) is 9.61. The number of aryl methyl sites for hydroxylation is 2. The number of benzene rings is 2. The summed E-state index contributed by atoms with van der Waals surface area (Å²) in [5, 5.41) is 15.5. The molecule has 0 saturated heterocycles. The molecule has 0 aromatic heterocycles. The standard InChI is InChI=1S/C31H45N3O5/c1-9-10-17-32-28(36)27(24-14-11-21(4)22(5)18-24)34(20(2)3)29(37)26(33-30(38)39-31(6,7)8)19-23-12-15-25(35)16-13-23/h11-16,18,20,26-27,35H,9-10,17,19H2,1-8H3,(H,32,36)(H,33,38). The molecule has 0 aliphatic heterocycles. The van der Waals surface area contributed by atoms with E-state index in [1.54, 1.807) is 37.8 Å². The smallest absolute Gasteiger partial charge is 0.408 e. The summed E-state index contributed by atoms with van der Waals surface area (Å²) >= 11 is 0. The second-order valence-electron chi connectivity index (χ2n) is 11.3. The quantitative estimate of drug-likeness (QED) is 0.334. The van der Waals surface area contributed by atoms with Crippen molar-refractivity contribution in [3.63, 3.8) is 0 Å². The predicted molar refractivity (Wildman–Crippen MR) is 154 cm³/mol. The van der Waals surface area contributed by atoms with Crippen LogP contribution in [-0.2, 0) is 20.7 Å². The summed E-state index contributed by atoms with van der Waals surface area (Å²) in [6.07, 6.45) is 1.18. The molecule has 0 heterocycles. The highest BCUT2D eigenvalue weighted by Crippen LogP contribution is 2.27. The maximum absolute atomic E-state index is 14.3. The number of amides is 3. The number of hydrogen-bond acceptors (Lipinski definition) is 5. The van der Waals surface area contributed by atoms with E-state index in [1.807, 2.05) is 52.8 Å². The molecule has 0 saturated carbocycles. The molecule has 214 valence electrons. The van der Waals surface area contributed by atoms with Crippen LogP contribution in [0.5, 0.6) is 5.75 Å². The number of carbonyl (C=O) groups is 3. The zero-order valence-corrected chi connectivity index (χ0v) is 24.6. The van der Waals surface area contributed by atoms with Crippen molar-refractivity contribution >= 4 is 17.9 Å². The molecular weight excluding hydrogens is 494 g/mol. The first kappa shape index (κ1) is 31.7. The molecule has 0 spiro atoms. The Balaban J connectivity index is 2.54. The summed E-state index contributed by atoms with van der Waals surface area (Å²) in [5.41, 5.74) is 2.79. The summed E-state index contributed by atoms with van der Waals surface area (Å²) in [7, 11) is 0. The zero-order chi connectivity index (χ0) is 29.3. The van der Waals surface area contributed by atoms with Crippen LogP contribution in [0.3, 0.4) is 0 Å². The second kappa shape index (κ2) is 14.0. The fraction of sp³-hybridized carbons (Fsp3) is 0.516. The van der Waals surface area contributed by atoms with E-state index in [1.165, 1.54) is 12.1 Å². The van der Waals surface area contributed by atoms with Crippen molar-refractivity contribution in [3.05, 3.63) is 64.7 Å². The van der Waals surface area contributed by atoms with Gasteiger partial charge in [0.05, 0.1) is 0 Å². The summed E-state index contributed by atoms with van der Waals surface area (Å²) < 4.78 is 5.46. The van der Waals surface area contributed by atoms with Crippen molar-refractivity contribution in [2.75, 3.05) is 6.54 Å². The van der Waals surface area contributed by atoms with Gasteiger partial charge in [-0.3, -0.25) is 9.59 Å². The molecule has 0 bridgehead atoms. The highest BCUT2D eigenvalue weighted by Gasteiger charge is 2.38. The normalized spacial score (nSPS) is 12.9. The number of rotatable bonds is 11. The van der Waals surface area contributed by atoms with Gasteiger partial charge in [-0.25, -0.2) is 4.79 Å². The molecule has 2 unspecified atom stereocenters. The first-order valence-corrected chi connectivity index (χ1v) is 13.7. The van der Waals surface area contributed by atoms with Crippen LogP contribution < -0.4 is 10.6 Å². The topological polar surface area (TPSA) is 108 Å². The lowest BCUT2D eigenvalue weighted by Crippen LogP contribution is -2.55. The third-order valence-corrected chi connectivity index (χ3v) is 6.38. The van der Waals surface area contributed by atoms with Crippen LogP contribution in [-0.4, -0.2) is 52.1 Å². The minimum Gasteiger partial charge on any atom is -0.508 e. The van der Waals surface area contributed by atoms with E-state index in [4.69, 9.17) is 4.74 Å². The monoisotopic (exact) mass is 539 g/mol. The van der Waals surface area contributed by atoms with Crippen LogP contribution in [0.2, 0.25) is 0 Å². The van der Waals surface area contributed by atoms with Crippen molar-refractivity contribution in [3.8, 4) is 5.75 Å². The van der Waals surface area contributed by atoms with E-state index in [9.17, 15) is 19.5 Å². The average molecular weight is 540 g/mol. The predicted octanol–water partition coefficient (Wildman–Crippen LogP) is 5.34. The van der Waals surface area contributed by atoms with Crippen molar-refractivity contribution in [2.24, 2.45) is 0 Å². The van der Waals surface area contributed by atoms with Gasteiger partial charge in [0.2, 0.25) is 11.8 Å². The molecular formula is C31H45N3O5. The van der Waals surface area contributed by atoms with Gasteiger partial charge in [-0.1, -0.05) is 43.7 Å². The summed E-state index contributed by atoms with van der Waals surface area (Å²) in [6.45, 7) is 15.5. The van der Waals surface area contributed by atoms with Gasteiger partial charge in [0, 0.05) is 19.0 Å². The Hall–Kier alpha value is -3.55. The van der Waals surface area contributed by atoms with Crippen LogP contribution in [0.25, 0.3) is 0 Å². The fourth-order valence-electron chi connectivity index (χ4n) is 4.24. The summed E-state index contributed by atoms with van der Waals surface area (Å²) in [4.78, 5) is 42.3. The lowest BCUT2D eigenvalue weighted by Gasteiger charge is -2.37. The molecule has 0 fully saturated rings. The minimum atomic E-state index is -1.01. The van der Waals surface area contributed by atoms with E-state index < -0.39 is 29.7 Å². The number of phenols is 1. The summed E-state index contributed by atoms with van der Waals surface area (Å²) in [5.74, 6) is -0.573. The molecule has 3 amide bonds. The van der Waals surface area contributed by atoms with E-state index in [2.05, 4.69) is 10.6 Å². The van der Waals surface area contributed by atoms with Gasteiger partial charge in [-0.15, -0.1) is 0 Å². The maximum Gasteiger partial charge on any atom is 0.408 e. The average Bonchev–Trinajstić information content (AvgIpc) is 2.83. The van der Waals surface area contributed by atoms with Gasteiger partial charge in [0.25, 0.3) is 0 Å². The van der Waals surface area contributed by atoms with Crippen molar-refractivity contribution in [2.45, 2.75) is 98.4 Å². The van der Waals surface area contributed by atoms with Crippen molar-refractivity contribution in [1.82, 2.24) is 15.5 Å². The maximum atomic E-state index is 14.3. The number of unbranched alkanes of at least 4 members (excludes halogenated alkanes) is 1. The van der Waals surface area contributed by atoms with Gasteiger partial charge < -0.3 is 25.4 Å². The first-order valence-electron chi connectivity index (χ1n) is 13.7. The second-order valence-corrected chi connectivity index (χ2v) is 11.3. The molecule has 39 heavy (non-hydrogen) atoms. The molecule has 2 atom stereocenters. The van der Waals surface area contributed by atoms with Gasteiger partial charge in [-0.2, -0.15) is 0 Å². The Morgan fingerprint density at radius 1 is 1.00 bits per heavy atom. The van der Waals surface area contributed by atoms with E-state index in [0.717, 1.165) is 29.5 Å². The SMILES string of the molecule is CCCCNC(=O)C(c1ccc(C)c(C)c1)N(C(=O)C(Cc1ccc(O)cc1)NC(=O)OC(C)(C)C)C(C)C. The Labute approximate surface area is 233 Å². The highest BCUT2D eigenvalue weighted by molar-refractivity contribution is 5.92. The van der Waals surface area contributed by atoms with Crippen LogP contribution in [0.4, 0.5) is 4.79 Å². The lowest BCUT2D eigenvalue weighted by atomic mass is 9.96. The number of nitrogens with zero attached hydrogens (tertiary/aromatic N) is 1. The number of carbonyl (C=O) groups excluding carboxylic acids is 3. The lowest BCUT2D eigenvalue weighted by molar-refractivity contribution is -0.144. The van der Waals surface area contributed by atoms with Gasteiger partial charge in [0.1, 0.15) is 23.4 Å². The highest BCUT2D eigenvalue weighted by atomic mass is 16.6. The van der Waals surface area contributed by atoms with Crippen LogP contribution >= 0.6 is 0 Å². The summed E-state index contributed by atoms with van der Waals surface area (Å²) in [6, 6.07) is 9.97. The molecule has 2 aromatic rings. The number of alkyl carbamates (subject to hydrolysis) is 1.